The Labute approximate surface area is 172 Å². The molecule has 0 saturated carbocycles. The van der Waals surface area contributed by atoms with Gasteiger partial charge in [0.2, 0.25) is 11.8 Å². The van der Waals surface area contributed by atoms with E-state index in [1.165, 1.54) is 11.2 Å². The predicted molar refractivity (Wildman–Crippen MR) is 110 cm³/mol. The average molecular weight is 442 g/mol. The van der Waals surface area contributed by atoms with Crippen LogP contribution in [-0.4, -0.2) is 37.6 Å². The van der Waals surface area contributed by atoms with Crippen LogP contribution in [0.15, 0.2) is 39.9 Å². The molecule has 1 aromatic heterocycles. The zero-order valence-electron chi connectivity index (χ0n) is 15.1. The summed E-state index contributed by atoms with van der Waals surface area (Å²) in [7, 11) is -3.60. The van der Waals surface area contributed by atoms with Gasteiger partial charge in [-0.15, -0.1) is 11.3 Å². The minimum Gasteiger partial charge on any atom is -0.325 e. The van der Waals surface area contributed by atoms with E-state index in [4.69, 9.17) is 11.6 Å². The standard InChI is InChI=1S/C18H20ClN3O4S2/c1-12(23)20-15-7-6-14(19)10-16(15)21-18(24)13-4-2-8-22(11-13)28(25,26)17-5-3-9-27-17/h3,5-7,9-10,13H,2,4,8,11H2,1H3,(H,20,23)(H,21,24). The summed E-state index contributed by atoms with van der Waals surface area (Å²) in [5.74, 6) is -1.07. The molecule has 2 heterocycles. The van der Waals surface area contributed by atoms with Crippen molar-refractivity contribution in [3.8, 4) is 0 Å². The molecular formula is C18H20ClN3O4S2. The van der Waals surface area contributed by atoms with Crippen molar-refractivity contribution in [3.05, 3.63) is 40.7 Å². The van der Waals surface area contributed by atoms with Crippen molar-refractivity contribution >= 4 is 56.2 Å². The zero-order valence-corrected chi connectivity index (χ0v) is 17.5. The Bertz CT molecular complexity index is 977. The number of piperidine rings is 1. The third-order valence-electron chi connectivity index (χ3n) is 4.39. The highest BCUT2D eigenvalue weighted by Gasteiger charge is 2.34. The van der Waals surface area contributed by atoms with Gasteiger partial charge in [-0.1, -0.05) is 17.7 Å². The lowest BCUT2D eigenvalue weighted by Crippen LogP contribution is -2.43. The Morgan fingerprint density at radius 1 is 1.21 bits per heavy atom. The fourth-order valence-corrected chi connectivity index (χ4v) is 5.91. The number of hydrogen-bond acceptors (Lipinski definition) is 5. The Morgan fingerprint density at radius 2 is 2.00 bits per heavy atom. The molecular weight excluding hydrogens is 422 g/mol. The molecule has 1 aromatic carbocycles. The molecule has 2 aromatic rings. The summed E-state index contributed by atoms with van der Waals surface area (Å²) in [5.41, 5.74) is 0.815. The van der Waals surface area contributed by atoms with Crippen LogP contribution in [0.3, 0.4) is 0 Å². The summed E-state index contributed by atoms with van der Waals surface area (Å²) >= 11 is 7.17. The van der Waals surface area contributed by atoms with Crippen LogP contribution in [0.2, 0.25) is 5.02 Å². The highest BCUT2D eigenvalue weighted by Crippen LogP contribution is 2.29. The number of nitrogens with zero attached hydrogens (tertiary/aromatic N) is 1. The van der Waals surface area contributed by atoms with Crippen molar-refractivity contribution in [2.75, 3.05) is 23.7 Å². The lowest BCUT2D eigenvalue weighted by molar-refractivity contribution is -0.121. The number of sulfonamides is 1. The second kappa shape index (κ2) is 8.60. The Hall–Kier alpha value is -1.94. The summed E-state index contributed by atoms with van der Waals surface area (Å²) in [5, 5.41) is 7.54. The van der Waals surface area contributed by atoms with Crippen LogP contribution < -0.4 is 10.6 Å². The van der Waals surface area contributed by atoms with Gasteiger partial charge in [-0.05, 0) is 42.5 Å². The van der Waals surface area contributed by atoms with Gasteiger partial charge in [-0.25, -0.2) is 8.42 Å². The monoisotopic (exact) mass is 441 g/mol. The number of rotatable bonds is 5. The second-order valence-electron chi connectivity index (χ2n) is 6.49. The van der Waals surface area contributed by atoms with Gasteiger partial charge in [0.1, 0.15) is 4.21 Å². The first-order valence-electron chi connectivity index (χ1n) is 8.69. The largest absolute Gasteiger partial charge is 0.325 e. The molecule has 1 aliphatic rings. The number of thiophene rings is 1. The quantitative estimate of drug-likeness (QED) is 0.743. The molecule has 2 amide bonds. The zero-order chi connectivity index (χ0) is 20.3. The maximum absolute atomic E-state index is 12.8. The number of hydrogen-bond donors (Lipinski definition) is 2. The van der Waals surface area contributed by atoms with Crippen LogP contribution in [0.4, 0.5) is 11.4 Å². The molecule has 28 heavy (non-hydrogen) atoms. The highest BCUT2D eigenvalue weighted by molar-refractivity contribution is 7.91. The molecule has 0 aliphatic carbocycles. The first-order valence-corrected chi connectivity index (χ1v) is 11.4. The number of carbonyl (C=O) groups is 2. The number of halogens is 1. The molecule has 0 bridgehead atoms. The predicted octanol–water partition coefficient (Wildman–Crippen LogP) is 3.40. The van der Waals surface area contributed by atoms with E-state index in [1.807, 2.05) is 0 Å². The minimum atomic E-state index is -3.60. The molecule has 1 aliphatic heterocycles. The molecule has 150 valence electrons. The van der Waals surface area contributed by atoms with Gasteiger partial charge < -0.3 is 10.6 Å². The number of benzene rings is 1. The normalized spacial score (nSPS) is 17.9. The van der Waals surface area contributed by atoms with Crippen LogP contribution in [-0.2, 0) is 19.6 Å². The summed E-state index contributed by atoms with van der Waals surface area (Å²) in [6, 6.07) is 8.02. The van der Waals surface area contributed by atoms with Crippen LogP contribution in [0, 0.1) is 5.92 Å². The number of anilines is 2. The summed E-state index contributed by atoms with van der Waals surface area (Å²) in [4.78, 5) is 24.2. The van der Waals surface area contributed by atoms with Crippen molar-refractivity contribution in [2.24, 2.45) is 5.92 Å². The fraction of sp³-hybridized carbons (Fsp3) is 0.333. The number of amides is 2. The van der Waals surface area contributed by atoms with E-state index in [0.717, 1.165) is 11.3 Å². The van der Waals surface area contributed by atoms with Gasteiger partial charge in [-0.2, -0.15) is 4.31 Å². The average Bonchev–Trinajstić information content (AvgIpc) is 3.19. The van der Waals surface area contributed by atoms with Gasteiger partial charge in [0.05, 0.1) is 17.3 Å². The second-order valence-corrected chi connectivity index (χ2v) is 10.0. The summed E-state index contributed by atoms with van der Waals surface area (Å²) in [6.45, 7) is 1.87. The van der Waals surface area contributed by atoms with Crippen LogP contribution >= 0.6 is 22.9 Å². The first-order chi connectivity index (χ1) is 13.3. The van der Waals surface area contributed by atoms with E-state index in [2.05, 4.69) is 10.6 Å². The van der Waals surface area contributed by atoms with Gasteiger partial charge >= 0.3 is 0 Å². The molecule has 1 atom stereocenters. The van der Waals surface area contributed by atoms with Gasteiger partial charge in [0.25, 0.3) is 10.0 Å². The number of carbonyl (C=O) groups excluding carboxylic acids is 2. The molecule has 1 unspecified atom stereocenters. The molecule has 3 rings (SSSR count). The lowest BCUT2D eigenvalue weighted by atomic mass is 9.98. The molecule has 0 radical (unpaired) electrons. The van der Waals surface area contributed by atoms with E-state index in [-0.39, 0.29) is 22.6 Å². The van der Waals surface area contributed by atoms with E-state index in [0.29, 0.717) is 35.8 Å². The Morgan fingerprint density at radius 3 is 2.68 bits per heavy atom. The van der Waals surface area contributed by atoms with Crippen molar-refractivity contribution in [2.45, 2.75) is 24.0 Å². The molecule has 0 spiro atoms. The van der Waals surface area contributed by atoms with Crippen LogP contribution in [0.1, 0.15) is 19.8 Å². The van der Waals surface area contributed by atoms with Gasteiger partial charge in [0.15, 0.2) is 0 Å². The minimum absolute atomic E-state index is 0.113. The topological polar surface area (TPSA) is 95.6 Å². The smallest absolute Gasteiger partial charge is 0.252 e. The molecule has 1 saturated heterocycles. The molecule has 2 N–H and O–H groups in total. The van der Waals surface area contributed by atoms with Gasteiger partial charge in [0, 0.05) is 25.0 Å². The van der Waals surface area contributed by atoms with Crippen molar-refractivity contribution in [3.63, 3.8) is 0 Å². The fourth-order valence-electron chi connectivity index (χ4n) is 3.07. The Kier molecular flexibility index (Phi) is 6.39. The summed E-state index contributed by atoms with van der Waals surface area (Å²) < 4.78 is 27.1. The van der Waals surface area contributed by atoms with Crippen LogP contribution in [0.5, 0.6) is 0 Å². The Balaban J connectivity index is 1.75. The molecule has 1 fully saturated rings. The highest BCUT2D eigenvalue weighted by atomic mass is 35.5. The lowest BCUT2D eigenvalue weighted by Gasteiger charge is -2.31. The van der Waals surface area contributed by atoms with Crippen molar-refractivity contribution < 1.29 is 18.0 Å². The van der Waals surface area contributed by atoms with Crippen molar-refractivity contribution in [1.29, 1.82) is 0 Å². The van der Waals surface area contributed by atoms with Crippen molar-refractivity contribution in [1.82, 2.24) is 4.31 Å². The summed E-state index contributed by atoms with van der Waals surface area (Å²) in [6.07, 6.45) is 1.18. The maximum atomic E-state index is 12.8. The molecule has 7 nitrogen and oxygen atoms in total. The number of nitrogens with one attached hydrogen (secondary N) is 2. The van der Waals surface area contributed by atoms with E-state index in [1.54, 1.807) is 35.7 Å². The van der Waals surface area contributed by atoms with E-state index >= 15 is 0 Å². The van der Waals surface area contributed by atoms with Crippen LogP contribution in [0.25, 0.3) is 0 Å². The SMILES string of the molecule is CC(=O)Nc1ccc(Cl)cc1NC(=O)C1CCCN(S(=O)(=O)c2cccs2)C1. The maximum Gasteiger partial charge on any atom is 0.252 e. The van der Waals surface area contributed by atoms with E-state index < -0.39 is 15.9 Å². The first kappa shape index (κ1) is 20.8. The van der Waals surface area contributed by atoms with Gasteiger partial charge in [-0.3, -0.25) is 9.59 Å². The third kappa shape index (κ3) is 4.72. The van der Waals surface area contributed by atoms with E-state index in [9.17, 15) is 18.0 Å². The third-order valence-corrected chi connectivity index (χ3v) is 7.87. The molecule has 10 heteroatoms.